The van der Waals surface area contributed by atoms with Crippen molar-refractivity contribution in [3.8, 4) is 11.5 Å². The number of piperidine rings is 1. The molecule has 5 nitrogen and oxygen atoms in total. The Bertz CT molecular complexity index is 873. The molecule has 2 aliphatic heterocycles. The number of likely N-dealkylation sites (tertiary alicyclic amines) is 1. The monoisotopic (exact) mass is 412 g/mol. The van der Waals surface area contributed by atoms with Gasteiger partial charge in [-0.15, -0.1) is 0 Å². The minimum atomic E-state index is -0.278. The molecule has 1 fully saturated rings. The van der Waals surface area contributed by atoms with Crippen molar-refractivity contribution < 1.29 is 18.7 Å². The Balaban J connectivity index is 1.22. The molecule has 0 unspecified atom stereocenters. The number of nitrogens with zero attached hydrogens (tertiary/aromatic N) is 1. The van der Waals surface area contributed by atoms with Gasteiger partial charge in [0.25, 0.3) is 0 Å². The quantitative estimate of drug-likeness (QED) is 0.749. The van der Waals surface area contributed by atoms with E-state index in [1.54, 1.807) is 18.2 Å². The van der Waals surface area contributed by atoms with Crippen LogP contribution in [-0.4, -0.2) is 37.1 Å². The predicted molar refractivity (Wildman–Crippen MR) is 113 cm³/mol. The second-order valence-electron chi connectivity index (χ2n) is 8.13. The summed E-state index contributed by atoms with van der Waals surface area (Å²) in [6.45, 7) is 4.40. The molecule has 0 saturated carbocycles. The number of amides is 1. The molecule has 1 N–H and O–H groups in total. The lowest BCUT2D eigenvalue weighted by Crippen LogP contribution is -2.35. The van der Waals surface area contributed by atoms with Crippen LogP contribution in [0.5, 0.6) is 11.5 Å². The number of halogens is 1. The number of ether oxygens (including phenoxy) is 2. The summed E-state index contributed by atoms with van der Waals surface area (Å²) in [4.78, 5) is 14.7. The Morgan fingerprint density at radius 3 is 2.83 bits per heavy atom. The molecule has 0 aliphatic carbocycles. The molecule has 1 amide bonds. The van der Waals surface area contributed by atoms with Crippen molar-refractivity contribution in [2.45, 2.75) is 38.8 Å². The highest BCUT2D eigenvalue weighted by Crippen LogP contribution is 2.31. The van der Waals surface area contributed by atoms with Crippen molar-refractivity contribution >= 4 is 5.91 Å². The van der Waals surface area contributed by atoms with Gasteiger partial charge in [-0.05, 0) is 55.5 Å². The van der Waals surface area contributed by atoms with Gasteiger partial charge in [0.2, 0.25) is 5.91 Å². The number of hydrogen-bond acceptors (Lipinski definition) is 4. The lowest BCUT2D eigenvalue weighted by Gasteiger charge is -2.33. The molecule has 4 rings (SSSR count). The largest absolute Gasteiger partial charge is 0.486 e. The summed E-state index contributed by atoms with van der Waals surface area (Å²) >= 11 is 0. The van der Waals surface area contributed by atoms with Crippen molar-refractivity contribution in [2.24, 2.45) is 5.92 Å². The SMILES string of the molecule is O=C(CC[C@H]1CCCN(Cc2ccc3c(c2)OCCO3)C1)NCc1ccccc1F. The molecule has 160 valence electrons. The van der Waals surface area contributed by atoms with E-state index in [2.05, 4.69) is 22.3 Å². The molecule has 0 spiro atoms. The number of hydrogen-bond donors (Lipinski definition) is 1. The van der Waals surface area contributed by atoms with Crippen LogP contribution < -0.4 is 14.8 Å². The lowest BCUT2D eigenvalue weighted by atomic mass is 9.93. The summed E-state index contributed by atoms with van der Waals surface area (Å²) < 4.78 is 24.9. The van der Waals surface area contributed by atoms with E-state index in [4.69, 9.17) is 9.47 Å². The first kappa shape index (κ1) is 20.7. The smallest absolute Gasteiger partial charge is 0.220 e. The van der Waals surface area contributed by atoms with Crippen molar-refractivity contribution in [3.63, 3.8) is 0 Å². The maximum Gasteiger partial charge on any atom is 0.220 e. The molecule has 1 atom stereocenters. The van der Waals surface area contributed by atoms with Crippen LogP contribution in [0, 0.1) is 11.7 Å². The normalized spacial score (nSPS) is 18.8. The highest BCUT2D eigenvalue weighted by atomic mass is 19.1. The van der Waals surface area contributed by atoms with Crippen LogP contribution in [0.25, 0.3) is 0 Å². The Morgan fingerprint density at radius 2 is 1.97 bits per heavy atom. The summed E-state index contributed by atoms with van der Waals surface area (Å²) in [5, 5.41) is 2.84. The second kappa shape index (κ2) is 9.94. The van der Waals surface area contributed by atoms with Crippen LogP contribution in [-0.2, 0) is 17.9 Å². The molecule has 0 radical (unpaired) electrons. The molecule has 2 aromatic rings. The molecular formula is C24H29FN2O3. The first-order valence-corrected chi connectivity index (χ1v) is 10.8. The fraction of sp³-hybridized carbons (Fsp3) is 0.458. The van der Waals surface area contributed by atoms with Gasteiger partial charge in [0.1, 0.15) is 19.0 Å². The topological polar surface area (TPSA) is 50.8 Å². The number of benzene rings is 2. The second-order valence-corrected chi connectivity index (χ2v) is 8.13. The van der Waals surface area contributed by atoms with Gasteiger partial charge in [-0.3, -0.25) is 9.69 Å². The van der Waals surface area contributed by atoms with Gasteiger partial charge >= 0.3 is 0 Å². The van der Waals surface area contributed by atoms with E-state index in [1.165, 1.54) is 11.6 Å². The van der Waals surface area contributed by atoms with Crippen molar-refractivity contribution in [2.75, 3.05) is 26.3 Å². The molecule has 0 bridgehead atoms. The number of fused-ring (bicyclic) bond motifs is 1. The van der Waals surface area contributed by atoms with Crippen molar-refractivity contribution in [3.05, 3.63) is 59.4 Å². The summed E-state index contributed by atoms with van der Waals surface area (Å²) in [6, 6.07) is 12.7. The molecule has 6 heteroatoms. The van der Waals surface area contributed by atoms with Crippen LogP contribution in [0.3, 0.4) is 0 Å². The molecule has 0 aromatic heterocycles. The minimum Gasteiger partial charge on any atom is -0.486 e. The van der Waals surface area contributed by atoms with E-state index in [1.807, 2.05) is 6.07 Å². The van der Waals surface area contributed by atoms with Gasteiger partial charge in [-0.2, -0.15) is 0 Å². The van der Waals surface area contributed by atoms with Crippen LogP contribution in [0.2, 0.25) is 0 Å². The van der Waals surface area contributed by atoms with Gasteiger partial charge in [0, 0.05) is 31.6 Å². The van der Waals surface area contributed by atoms with Gasteiger partial charge in [0.05, 0.1) is 0 Å². The van der Waals surface area contributed by atoms with Gasteiger partial charge < -0.3 is 14.8 Å². The first-order chi connectivity index (χ1) is 14.7. The number of carbonyl (C=O) groups is 1. The highest BCUT2D eigenvalue weighted by molar-refractivity contribution is 5.75. The van der Waals surface area contributed by atoms with E-state index < -0.39 is 0 Å². The summed E-state index contributed by atoms with van der Waals surface area (Å²) in [7, 11) is 0. The number of rotatable bonds is 7. The van der Waals surface area contributed by atoms with Gasteiger partial charge in [-0.1, -0.05) is 24.3 Å². The zero-order valence-corrected chi connectivity index (χ0v) is 17.2. The number of carbonyl (C=O) groups excluding carboxylic acids is 1. The van der Waals surface area contributed by atoms with Crippen LogP contribution >= 0.6 is 0 Å². The Morgan fingerprint density at radius 1 is 1.13 bits per heavy atom. The Labute approximate surface area is 177 Å². The minimum absolute atomic E-state index is 0.0118. The average molecular weight is 413 g/mol. The zero-order chi connectivity index (χ0) is 20.8. The molecule has 2 aromatic carbocycles. The fourth-order valence-electron chi connectivity index (χ4n) is 4.23. The maximum atomic E-state index is 13.7. The third-order valence-corrected chi connectivity index (χ3v) is 5.83. The van der Waals surface area contributed by atoms with Crippen LogP contribution in [0.4, 0.5) is 4.39 Å². The summed E-state index contributed by atoms with van der Waals surface area (Å²) in [6.07, 6.45) is 3.64. The van der Waals surface area contributed by atoms with E-state index in [9.17, 15) is 9.18 Å². The molecule has 1 saturated heterocycles. The van der Waals surface area contributed by atoms with Crippen molar-refractivity contribution in [1.29, 1.82) is 0 Å². The van der Waals surface area contributed by atoms with E-state index in [-0.39, 0.29) is 18.3 Å². The summed E-state index contributed by atoms with van der Waals surface area (Å²) in [5.74, 6) is 1.87. The maximum absolute atomic E-state index is 13.7. The lowest BCUT2D eigenvalue weighted by molar-refractivity contribution is -0.121. The third kappa shape index (κ3) is 5.51. The first-order valence-electron chi connectivity index (χ1n) is 10.8. The van der Waals surface area contributed by atoms with Crippen LogP contribution in [0.1, 0.15) is 36.8 Å². The van der Waals surface area contributed by atoms with E-state index in [0.29, 0.717) is 31.1 Å². The standard InChI is InChI=1S/C24H29FN2O3/c25-21-6-2-1-5-20(21)15-26-24(28)10-8-18-4-3-11-27(16-18)17-19-7-9-22-23(14-19)30-13-12-29-22/h1-2,5-7,9,14,18H,3-4,8,10-13,15-17H2,(H,26,28)/t18-/m1/s1. The van der Waals surface area contributed by atoms with Gasteiger partial charge in [0.15, 0.2) is 11.5 Å². The van der Waals surface area contributed by atoms with E-state index in [0.717, 1.165) is 50.4 Å². The highest BCUT2D eigenvalue weighted by Gasteiger charge is 2.21. The molecular weight excluding hydrogens is 383 g/mol. The van der Waals surface area contributed by atoms with E-state index >= 15 is 0 Å². The third-order valence-electron chi connectivity index (χ3n) is 5.83. The van der Waals surface area contributed by atoms with Crippen molar-refractivity contribution in [1.82, 2.24) is 10.2 Å². The fourth-order valence-corrected chi connectivity index (χ4v) is 4.23. The predicted octanol–water partition coefficient (Wildman–Crippen LogP) is 3.91. The average Bonchev–Trinajstić information content (AvgIpc) is 2.77. The Hall–Kier alpha value is -2.60. The Kier molecular flexibility index (Phi) is 6.84. The van der Waals surface area contributed by atoms with Gasteiger partial charge in [-0.25, -0.2) is 4.39 Å². The zero-order valence-electron chi connectivity index (χ0n) is 17.2. The number of nitrogens with one attached hydrogen (secondary N) is 1. The summed E-state index contributed by atoms with van der Waals surface area (Å²) in [5.41, 5.74) is 1.75. The molecule has 2 aliphatic rings. The molecule has 30 heavy (non-hydrogen) atoms. The molecule has 2 heterocycles. The van der Waals surface area contributed by atoms with Crippen LogP contribution in [0.15, 0.2) is 42.5 Å².